The Morgan fingerprint density at radius 3 is 2.59 bits per heavy atom. The normalized spacial score (nSPS) is 10.7. The number of carbonyl (C=O) groups is 1. The maximum atomic E-state index is 13.0. The lowest BCUT2D eigenvalue weighted by Gasteiger charge is -2.11. The van der Waals surface area contributed by atoms with E-state index >= 15 is 0 Å². The zero-order chi connectivity index (χ0) is 20.4. The first-order chi connectivity index (χ1) is 14.0. The molecule has 0 saturated carbocycles. The number of amides is 1. The molecule has 1 N–H and O–H groups in total. The summed E-state index contributed by atoms with van der Waals surface area (Å²) in [5, 5.41) is 15.1. The van der Waals surface area contributed by atoms with Gasteiger partial charge in [0.2, 0.25) is 0 Å². The van der Waals surface area contributed by atoms with Crippen LogP contribution in [0.5, 0.6) is 0 Å². The van der Waals surface area contributed by atoms with E-state index in [1.54, 1.807) is 36.4 Å². The molecule has 0 bridgehead atoms. The van der Waals surface area contributed by atoms with E-state index in [4.69, 9.17) is 11.6 Å². The van der Waals surface area contributed by atoms with Crippen molar-refractivity contribution >= 4 is 39.8 Å². The van der Waals surface area contributed by atoms with Gasteiger partial charge >= 0.3 is 5.69 Å². The van der Waals surface area contributed by atoms with Crippen LogP contribution in [0.25, 0.3) is 22.2 Å². The van der Waals surface area contributed by atoms with E-state index in [0.29, 0.717) is 27.2 Å². The van der Waals surface area contributed by atoms with E-state index < -0.39 is 10.8 Å². The van der Waals surface area contributed by atoms with Crippen molar-refractivity contribution in [1.29, 1.82) is 0 Å². The predicted molar refractivity (Wildman–Crippen MR) is 111 cm³/mol. The van der Waals surface area contributed by atoms with Crippen molar-refractivity contribution in [2.24, 2.45) is 0 Å². The van der Waals surface area contributed by atoms with Crippen LogP contribution in [0.15, 0.2) is 73.1 Å². The second-order valence-corrected chi connectivity index (χ2v) is 6.62. The van der Waals surface area contributed by atoms with Crippen LogP contribution in [0.4, 0.5) is 11.4 Å². The van der Waals surface area contributed by atoms with Gasteiger partial charge in [0.15, 0.2) is 0 Å². The first kappa shape index (κ1) is 18.5. The molecule has 2 aromatic heterocycles. The van der Waals surface area contributed by atoms with Gasteiger partial charge in [-0.1, -0.05) is 41.9 Å². The third kappa shape index (κ3) is 3.76. The number of aromatic nitrogens is 2. The van der Waals surface area contributed by atoms with E-state index in [-0.39, 0.29) is 11.4 Å². The minimum Gasteiger partial charge on any atom is -0.316 e. The Kier molecular flexibility index (Phi) is 4.88. The molecule has 0 radical (unpaired) electrons. The number of nitrogens with one attached hydrogen (secondary N) is 1. The molecule has 2 aromatic carbocycles. The number of hydrogen-bond donors (Lipinski definition) is 1. The third-order valence-electron chi connectivity index (χ3n) is 4.35. The highest BCUT2D eigenvalue weighted by Crippen LogP contribution is 2.28. The Bertz CT molecular complexity index is 1240. The first-order valence-electron chi connectivity index (χ1n) is 8.58. The van der Waals surface area contributed by atoms with Gasteiger partial charge in [0, 0.05) is 22.2 Å². The molecule has 0 aliphatic carbocycles. The Labute approximate surface area is 170 Å². The highest BCUT2D eigenvalue weighted by atomic mass is 35.5. The second kappa shape index (κ2) is 7.65. The Morgan fingerprint density at radius 1 is 1.07 bits per heavy atom. The fourth-order valence-corrected chi connectivity index (χ4v) is 3.08. The summed E-state index contributed by atoms with van der Waals surface area (Å²) in [5.74, 6) is -0.479. The van der Waals surface area contributed by atoms with Crippen molar-refractivity contribution in [2.45, 2.75) is 0 Å². The number of nitro groups is 1. The van der Waals surface area contributed by atoms with Crippen molar-refractivity contribution in [3.05, 3.63) is 93.8 Å². The largest absolute Gasteiger partial charge is 0.316 e. The average Bonchev–Trinajstić information content (AvgIpc) is 2.73. The fraction of sp³-hybridized carbons (Fsp3) is 0. The Balaban J connectivity index is 1.81. The van der Waals surface area contributed by atoms with Crippen molar-refractivity contribution in [1.82, 2.24) is 9.97 Å². The predicted octanol–water partition coefficient (Wildman–Crippen LogP) is 5.11. The van der Waals surface area contributed by atoms with Crippen molar-refractivity contribution < 1.29 is 9.72 Å². The van der Waals surface area contributed by atoms with Crippen LogP contribution in [0.2, 0.25) is 5.02 Å². The lowest BCUT2D eigenvalue weighted by atomic mass is 10.0. The lowest BCUT2D eigenvalue weighted by Crippen LogP contribution is -2.14. The summed E-state index contributed by atoms with van der Waals surface area (Å²) in [4.78, 5) is 32.0. The van der Waals surface area contributed by atoms with Crippen LogP contribution in [0.3, 0.4) is 0 Å². The van der Waals surface area contributed by atoms with Crippen molar-refractivity contribution in [2.75, 3.05) is 5.32 Å². The van der Waals surface area contributed by atoms with Gasteiger partial charge in [-0.15, -0.1) is 0 Å². The van der Waals surface area contributed by atoms with Gasteiger partial charge < -0.3 is 5.32 Å². The lowest BCUT2D eigenvalue weighted by molar-refractivity contribution is -0.384. The summed E-state index contributed by atoms with van der Waals surface area (Å²) in [6.07, 6.45) is 2.48. The van der Waals surface area contributed by atoms with Crippen LogP contribution in [-0.2, 0) is 0 Å². The molecule has 29 heavy (non-hydrogen) atoms. The number of rotatable bonds is 4. The number of fused-ring (bicyclic) bond motifs is 1. The number of benzene rings is 2. The molecule has 0 saturated heterocycles. The SMILES string of the molecule is O=C(Nc1ccncc1[N+](=O)[O-])c1cc(-c2ccc(Cl)cc2)nc2ccccc12. The molecule has 0 aliphatic heterocycles. The van der Waals surface area contributed by atoms with E-state index in [2.05, 4.69) is 15.3 Å². The average molecular weight is 405 g/mol. The number of pyridine rings is 2. The summed E-state index contributed by atoms with van der Waals surface area (Å²) in [7, 11) is 0. The van der Waals surface area contributed by atoms with Crippen LogP contribution in [0, 0.1) is 10.1 Å². The zero-order valence-corrected chi connectivity index (χ0v) is 15.6. The van der Waals surface area contributed by atoms with E-state index in [9.17, 15) is 14.9 Å². The molecule has 0 atom stereocenters. The molecule has 0 unspecified atom stereocenters. The molecular weight excluding hydrogens is 392 g/mol. The highest BCUT2D eigenvalue weighted by Gasteiger charge is 2.19. The monoisotopic (exact) mass is 404 g/mol. The maximum absolute atomic E-state index is 13.0. The van der Waals surface area contributed by atoms with Gasteiger partial charge in [0.1, 0.15) is 11.9 Å². The van der Waals surface area contributed by atoms with Gasteiger partial charge in [0.25, 0.3) is 5.91 Å². The molecular formula is C21H13ClN4O3. The van der Waals surface area contributed by atoms with Crippen LogP contribution in [-0.4, -0.2) is 20.8 Å². The molecule has 0 aliphatic rings. The Morgan fingerprint density at radius 2 is 1.83 bits per heavy atom. The molecule has 0 fully saturated rings. The quantitative estimate of drug-likeness (QED) is 0.376. The minimum absolute atomic E-state index is 0.0731. The smallest absolute Gasteiger partial charge is 0.310 e. The van der Waals surface area contributed by atoms with Crippen LogP contribution >= 0.6 is 11.6 Å². The number of nitrogens with zero attached hydrogens (tertiary/aromatic N) is 3. The highest BCUT2D eigenvalue weighted by molar-refractivity contribution is 6.30. The topological polar surface area (TPSA) is 98.0 Å². The van der Waals surface area contributed by atoms with Gasteiger partial charge in [-0.05, 0) is 30.3 Å². The number of anilines is 1. The number of hydrogen-bond acceptors (Lipinski definition) is 5. The van der Waals surface area contributed by atoms with Gasteiger partial charge in [-0.3, -0.25) is 19.9 Å². The van der Waals surface area contributed by atoms with Crippen molar-refractivity contribution in [3.63, 3.8) is 0 Å². The molecule has 4 aromatic rings. The standard InChI is InChI=1S/C21H13ClN4O3/c22-14-7-5-13(6-8-14)19-11-16(15-3-1-2-4-17(15)24-19)21(27)25-18-9-10-23-12-20(18)26(28)29/h1-12H,(H,23,25,27). The number of para-hydroxylation sites is 1. The summed E-state index contributed by atoms with van der Waals surface area (Å²) in [6, 6.07) is 17.4. The van der Waals surface area contributed by atoms with E-state index in [0.717, 1.165) is 11.8 Å². The first-order valence-corrected chi connectivity index (χ1v) is 8.96. The fourth-order valence-electron chi connectivity index (χ4n) is 2.96. The summed E-state index contributed by atoms with van der Waals surface area (Å²) < 4.78 is 0. The molecule has 4 rings (SSSR count). The maximum Gasteiger partial charge on any atom is 0.310 e. The van der Waals surface area contributed by atoms with Crippen LogP contribution < -0.4 is 5.32 Å². The molecule has 0 spiro atoms. The van der Waals surface area contributed by atoms with Crippen LogP contribution in [0.1, 0.15) is 10.4 Å². The zero-order valence-electron chi connectivity index (χ0n) is 14.9. The molecule has 8 heteroatoms. The molecule has 142 valence electrons. The minimum atomic E-state index is -0.591. The summed E-state index contributed by atoms with van der Waals surface area (Å²) >= 11 is 5.96. The second-order valence-electron chi connectivity index (χ2n) is 6.18. The van der Waals surface area contributed by atoms with Crippen molar-refractivity contribution in [3.8, 4) is 11.3 Å². The van der Waals surface area contributed by atoms with Gasteiger partial charge in [-0.25, -0.2) is 4.98 Å². The summed E-state index contributed by atoms with van der Waals surface area (Å²) in [6.45, 7) is 0. The van der Waals surface area contributed by atoms with Gasteiger partial charge in [0.05, 0.1) is 21.7 Å². The Hall–Kier alpha value is -3.84. The molecule has 1 amide bonds. The third-order valence-corrected chi connectivity index (χ3v) is 4.60. The summed E-state index contributed by atoms with van der Waals surface area (Å²) in [5.41, 5.74) is 2.17. The molecule has 7 nitrogen and oxygen atoms in total. The van der Waals surface area contributed by atoms with E-state index in [1.165, 1.54) is 12.3 Å². The van der Waals surface area contributed by atoms with E-state index in [1.807, 2.05) is 18.2 Å². The molecule has 2 heterocycles. The van der Waals surface area contributed by atoms with Gasteiger partial charge in [-0.2, -0.15) is 0 Å². The number of carbonyl (C=O) groups excluding carboxylic acids is 1. The number of halogens is 1.